The van der Waals surface area contributed by atoms with Crippen LogP contribution in [0.3, 0.4) is 0 Å². The fraction of sp³-hybridized carbons (Fsp3) is 0.263. The van der Waals surface area contributed by atoms with Crippen molar-refractivity contribution in [3.8, 4) is 5.75 Å². The number of nitro benzene ring substituents is 1. The molecule has 0 aliphatic carbocycles. The van der Waals surface area contributed by atoms with Crippen LogP contribution < -0.4 is 15.0 Å². The van der Waals surface area contributed by atoms with Crippen LogP contribution >= 0.6 is 11.6 Å². The minimum atomic E-state index is -0.657. The van der Waals surface area contributed by atoms with Crippen LogP contribution in [0, 0.1) is 23.0 Å². The van der Waals surface area contributed by atoms with Crippen molar-refractivity contribution in [3.05, 3.63) is 57.1 Å². The van der Waals surface area contributed by atoms with E-state index in [4.69, 9.17) is 16.3 Å². The van der Waals surface area contributed by atoms with Crippen molar-refractivity contribution < 1.29 is 19.2 Å². The Kier molecular flexibility index (Phi) is 5.51. The number of halogens is 1. The number of carbonyl (C=O) groups excluding carboxylic acids is 2. The molecule has 0 saturated carbocycles. The van der Waals surface area contributed by atoms with E-state index in [9.17, 15) is 19.7 Å². The number of nitrogens with one attached hydrogen (secondary N) is 1. The molecule has 1 aliphatic rings. The molecule has 0 aromatic heterocycles. The third kappa shape index (κ3) is 3.77. The predicted octanol–water partition coefficient (Wildman–Crippen LogP) is 3.56. The Hall–Kier alpha value is -3.13. The molecule has 1 saturated heterocycles. The summed E-state index contributed by atoms with van der Waals surface area (Å²) in [4.78, 5) is 37.3. The molecule has 0 radical (unpaired) electrons. The number of ether oxygens (including phenoxy) is 1. The van der Waals surface area contributed by atoms with E-state index in [0.29, 0.717) is 22.0 Å². The van der Waals surface area contributed by atoms with Crippen LogP contribution in [0.25, 0.3) is 0 Å². The van der Waals surface area contributed by atoms with E-state index in [1.54, 1.807) is 37.3 Å². The number of aryl methyl sites for hydroxylation is 1. The molecule has 28 heavy (non-hydrogen) atoms. The normalized spacial score (nSPS) is 16.2. The van der Waals surface area contributed by atoms with Crippen molar-refractivity contribution in [2.45, 2.75) is 13.3 Å². The first kappa shape index (κ1) is 19.6. The quantitative estimate of drug-likeness (QED) is 0.607. The number of methoxy groups -OCH3 is 1. The summed E-state index contributed by atoms with van der Waals surface area (Å²) in [5, 5.41) is 14.3. The number of amides is 2. The van der Waals surface area contributed by atoms with Crippen molar-refractivity contribution in [1.29, 1.82) is 0 Å². The second kappa shape index (κ2) is 7.85. The molecular weight excluding hydrogens is 386 g/mol. The molecule has 1 heterocycles. The van der Waals surface area contributed by atoms with Gasteiger partial charge in [-0.3, -0.25) is 19.7 Å². The summed E-state index contributed by atoms with van der Waals surface area (Å²) in [6.07, 6.45) is -0.0127. The molecule has 0 spiro atoms. The van der Waals surface area contributed by atoms with Gasteiger partial charge in [0.25, 0.3) is 5.69 Å². The van der Waals surface area contributed by atoms with Crippen molar-refractivity contribution >= 4 is 40.5 Å². The molecule has 8 nitrogen and oxygen atoms in total. The van der Waals surface area contributed by atoms with Crippen LogP contribution in [0.15, 0.2) is 36.4 Å². The zero-order valence-electron chi connectivity index (χ0n) is 15.3. The molecular formula is C19H18ClN3O5. The Morgan fingerprint density at radius 3 is 2.79 bits per heavy atom. The van der Waals surface area contributed by atoms with Crippen molar-refractivity contribution in [2.24, 2.45) is 5.92 Å². The third-order valence-corrected chi connectivity index (χ3v) is 4.86. The average molecular weight is 404 g/mol. The molecule has 3 rings (SSSR count). The molecule has 2 amide bonds. The van der Waals surface area contributed by atoms with E-state index in [1.165, 1.54) is 18.1 Å². The average Bonchev–Trinajstić information content (AvgIpc) is 3.04. The minimum Gasteiger partial charge on any atom is -0.495 e. The number of nitrogens with zero attached hydrogens (tertiary/aromatic N) is 2. The lowest BCUT2D eigenvalue weighted by Crippen LogP contribution is -2.28. The van der Waals surface area contributed by atoms with Gasteiger partial charge >= 0.3 is 0 Å². The van der Waals surface area contributed by atoms with Crippen LogP contribution in [-0.2, 0) is 9.59 Å². The van der Waals surface area contributed by atoms with E-state index in [2.05, 4.69) is 5.32 Å². The van der Waals surface area contributed by atoms with Gasteiger partial charge in [0, 0.05) is 24.1 Å². The number of hydrogen-bond donors (Lipinski definition) is 1. The smallest absolute Gasteiger partial charge is 0.293 e. The third-order valence-electron chi connectivity index (χ3n) is 4.62. The number of anilines is 2. The summed E-state index contributed by atoms with van der Waals surface area (Å²) >= 11 is 6.03. The minimum absolute atomic E-state index is 0.0127. The summed E-state index contributed by atoms with van der Waals surface area (Å²) in [6, 6.07) is 9.44. The van der Waals surface area contributed by atoms with Gasteiger partial charge in [-0.15, -0.1) is 0 Å². The molecule has 1 N–H and O–H groups in total. The van der Waals surface area contributed by atoms with Crippen molar-refractivity contribution in [1.82, 2.24) is 0 Å². The maximum Gasteiger partial charge on any atom is 0.293 e. The summed E-state index contributed by atoms with van der Waals surface area (Å²) < 4.78 is 5.28. The summed E-state index contributed by atoms with van der Waals surface area (Å²) in [6.45, 7) is 1.80. The first-order valence-corrected chi connectivity index (χ1v) is 8.88. The van der Waals surface area contributed by atoms with Crippen molar-refractivity contribution in [3.63, 3.8) is 0 Å². The van der Waals surface area contributed by atoms with Gasteiger partial charge in [-0.25, -0.2) is 0 Å². The van der Waals surface area contributed by atoms with E-state index >= 15 is 0 Å². The van der Waals surface area contributed by atoms with Crippen molar-refractivity contribution in [2.75, 3.05) is 23.9 Å². The molecule has 1 atom stereocenters. The molecule has 2 aromatic rings. The van der Waals surface area contributed by atoms with Gasteiger partial charge < -0.3 is 15.0 Å². The van der Waals surface area contributed by atoms with Gasteiger partial charge in [0.2, 0.25) is 11.8 Å². The summed E-state index contributed by atoms with van der Waals surface area (Å²) in [5.74, 6) is -0.891. The molecule has 0 bridgehead atoms. The monoisotopic (exact) mass is 403 g/mol. The van der Waals surface area contributed by atoms with E-state index in [0.717, 1.165) is 0 Å². The fourth-order valence-corrected chi connectivity index (χ4v) is 3.35. The molecule has 9 heteroatoms. The van der Waals surface area contributed by atoms with Crippen LogP contribution in [0.2, 0.25) is 5.02 Å². The maximum atomic E-state index is 12.7. The van der Waals surface area contributed by atoms with E-state index in [1.807, 2.05) is 0 Å². The largest absolute Gasteiger partial charge is 0.495 e. The number of nitro groups is 1. The van der Waals surface area contributed by atoms with Crippen LogP contribution in [-0.4, -0.2) is 30.4 Å². The van der Waals surface area contributed by atoms with Gasteiger partial charge in [-0.2, -0.15) is 0 Å². The van der Waals surface area contributed by atoms with Gasteiger partial charge in [0.1, 0.15) is 11.4 Å². The Morgan fingerprint density at radius 2 is 2.11 bits per heavy atom. The fourth-order valence-electron chi connectivity index (χ4n) is 3.18. The first-order valence-electron chi connectivity index (χ1n) is 8.50. The molecule has 2 aromatic carbocycles. The number of benzene rings is 2. The van der Waals surface area contributed by atoms with Gasteiger partial charge in [-0.1, -0.05) is 23.7 Å². The Morgan fingerprint density at radius 1 is 1.36 bits per heavy atom. The number of carbonyl (C=O) groups is 2. The van der Waals surface area contributed by atoms with E-state index < -0.39 is 16.7 Å². The second-order valence-electron chi connectivity index (χ2n) is 6.44. The number of hydrogen-bond acceptors (Lipinski definition) is 5. The summed E-state index contributed by atoms with van der Waals surface area (Å²) in [7, 11) is 1.48. The van der Waals surface area contributed by atoms with Gasteiger partial charge in [-0.05, 0) is 30.7 Å². The van der Waals surface area contributed by atoms with E-state index in [-0.39, 0.29) is 30.2 Å². The lowest BCUT2D eigenvalue weighted by atomic mass is 10.1. The highest BCUT2D eigenvalue weighted by atomic mass is 35.5. The Balaban J connectivity index is 1.82. The standard InChI is InChI=1S/C19H18ClN3O5/c1-11-4-3-5-14(23(26)27)18(11)21-19(25)12-8-17(24)22(10-12)15-9-13(20)6-7-16(15)28-2/h3-7,9,12H,8,10H2,1-2H3,(H,21,25). The van der Waals surface area contributed by atoms with Gasteiger partial charge in [0.05, 0.1) is 23.6 Å². The SMILES string of the molecule is COc1ccc(Cl)cc1N1CC(C(=O)Nc2c(C)cccc2[N+](=O)[O-])CC1=O. The number of para-hydroxylation sites is 1. The highest BCUT2D eigenvalue weighted by Crippen LogP contribution is 2.36. The number of rotatable bonds is 5. The predicted molar refractivity (Wildman–Crippen MR) is 105 cm³/mol. The molecule has 1 unspecified atom stereocenters. The summed E-state index contributed by atoms with van der Waals surface area (Å²) in [5.41, 5.74) is 1.01. The maximum absolute atomic E-state index is 12.7. The lowest BCUT2D eigenvalue weighted by Gasteiger charge is -2.20. The molecule has 1 fully saturated rings. The van der Waals surface area contributed by atoms with Gasteiger partial charge in [0.15, 0.2) is 0 Å². The zero-order chi connectivity index (χ0) is 20.4. The molecule has 1 aliphatic heterocycles. The lowest BCUT2D eigenvalue weighted by molar-refractivity contribution is -0.384. The van der Waals surface area contributed by atoms with Crippen LogP contribution in [0.1, 0.15) is 12.0 Å². The van der Waals surface area contributed by atoms with Crippen LogP contribution in [0.4, 0.5) is 17.1 Å². The highest BCUT2D eigenvalue weighted by molar-refractivity contribution is 6.31. The Labute approximate surface area is 166 Å². The Bertz CT molecular complexity index is 963. The molecule has 146 valence electrons. The van der Waals surface area contributed by atoms with Crippen LogP contribution in [0.5, 0.6) is 5.75 Å². The topological polar surface area (TPSA) is 102 Å². The zero-order valence-corrected chi connectivity index (χ0v) is 16.0. The second-order valence-corrected chi connectivity index (χ2v) is 6.87. The first-order chi connectivity index (χ1) is 13.3. The highest BCUT2D eigenvalue weighted by Gasteiger charge is 2.37.